The highest BCUT2D eigenvalue weighted by atomic mass is 16.5. The third kappa shape index (κ3) is 7.02. The molecule has 0 radical (unpaired) electrons. The first-order chi connectivity index (χ1) is 15.0. The van der Waals surface area contributed by atoms with Crippen LogP contribution < -0.4 is 14.8 Å². The molecular weight excluding hydrogens is 392 g/mol. The minimum Gasteiger partial charge on any atom is -0.490 e. The number of likely N-dealkylation sites (N-methyl/N-ethyl adjacent to an activating group) is 1. The molecule has 0 fully saturated rings. The van der Waals surface area contributed by atoms with Gasteiger partial charge in [0.15, 0.2) is 11.5 Å². The van der Waals surface area contributed by atoms with Crippen LogP contribution in [0.15, 0.2) is 48.5 Å². The lowest BCUT2D eigenvalue weighted by Crippen LogP contribution is -2.48. The van der Waals surface area contributed by atoms with E-state index in [4.69, 9.17) is 9.47 Å². The number of hydrogen-bond acceptors (Lipinski definition) is 4. The maximum atomic E-state index is 13.2. The third-order valence-electron chi connectivity index (χ3n) is 5.06. The number of aryl methyl sites for hydroxylation is 1. The Hall–Kier alpha value is -3.02. The fraction of sp³-hybridized carbons (Fsp3) is 0.440. The van der Waals surface area contributed by atoms with Crippen molar-refractivity contribution in [3.8, 4) is 11.5 Å². The van der Waals surface area contributed by atoms with E-state index in [9.17, 15) is 9.59 Å². The van der Waals surface area contributed by atoms with E-state index in [1.807, 2.05) is 69.3 Å². The molecule has 0 spiro atoms. The van der Waals surface area contributed by atoms with Crippen LogP contribution in [0.3, 0.4) is 0 Å². The van der Waals surface area contributed by atoms with Gasteiger partial charge in [0.2, 0.25) is 11.8 Å². The maximum absolute atomic E-state index is 13.2. The summed E-state index contributed by atoms with van der Waals surface area (Å²) in [6.07, 6.45) is 1.41. The quantitative estimate of drug-likeness (QED) is 0.558. The Morgan fingerprint density at radius 2 is 1.61 bits per heavy atom. The van der Waals surface area contributed by atoms with Crippen molar-refractivity contribution in [3.05, 3.63) is 59.7 Å². The first-order valence-electron chi connectivity index (χ1n) is 11.0. The highest BCUT2D eigenvalue weighted by molar-refractivity contribution is 5.87. The average molecular weight is 427 g/mol. The molecule has 0 heterocycles. The molecule has 2 rings (SSSR count). The number of nitrogens with one attached hydrogen (secondary N) is 1. The largest absolute Gasteiger partial charge is 0.490 e. The Balaban J connectivity index is 2.17. The van der Waals surface area contributed by atoms with E-state index in [1.54, 1.807) is 11.9 Å². The molecule has 0 saturated heterocycles. The molecule has 0 aliphatic heterocycles. The number of rotatable bonds is 12. The summed E-state index contributed by atoms with van der Waals surface area (Å²) in [6.45, 7) is 7.28. The summed E-state index contributed by atoms with van der Waals surface area (Å²) >= 11 is 0. The molecule has 0 saturated carbocycles. The summed E-state index contributed by atoms with van der Waals surface area (Å²) in [7, 11) is 1.60. The topological polar surface area (TPSA) is 67.9 Å². The lowest BCUT2D eigenvalue weighted by molar-refractivity contribution is -0.141. The second kappa shape index (κ2) is 12.6. The summed E-state index contributed by atoms with van der Waals surface area (Å²) in [4.78, 5) is 27.3. The van der Waals surface area contributed by atoms with Crippen molar-refractivity contribution < 1.29 is 19.1 Å². The fourth-order valence-corrected chi connectivity index (χ4v) is 3.51. The zero-order chi connectivity index (χ0) is 22.6. The molecule has 2 amide bonds. The Morgan fingerprint density at radius 1 is 0.935 bits per heavy atom. The first-order valence-corrected chi connectivity index (χ1v) is 11.0. The highest BCUT2D eigenvalue weighted by Gasteiger charge is 2.27. The minimum atomic E-state index is -0.503. The number of benzene rings is 2. The van der Waals surface area contributed by atoms with Gasteiger partial charge < -0.3 is 19.7 Å². The van der Waals surface area contributed by atoms with Gasteiger partial charge in [-0.2, -0.15) is 0 Å². The summed E-state index contributed by atoms with van der Waals surface area (Å²) in [5.74, 6) is 1.20. The Kier molecular flexibility index (Phi) is 9.88. The zero-order valence-electron chi connectivity index (χ0n) is 19.0. The van der Waals surface area contributed by atoms with Gasteiger partial charge in [-0.3, -0.25) is 9.59 Å². The van der Waals surface area contributed by atoms with E-state index >= 15 is 0 Å². The Labute approximate surface area is 185 Å². The number of amides is 2. The number of hydrogen-bond donors (Lipinski definition) is 1. The van der Waals surface area contributed by atoms with E-state index in [0.29, 0.717) is 50.5 Å². The van der Waals surface area contributed by atoms with Crippen LogP contribution in [0, 0.1) is 0 Å². The molecule has 0 aliphatic rings. The van der Waals surface area contributed by atoms with Gasteiger partial charge in [-0.1, -0.05) is 43.3 Å². The number of ether oxygens (including phenoxy) is 2. The summed E-state index contributed by atoms with van der Waals surface area (Å²) in [6, 6.07) is 15.0. The van der Waals surface area contributed by atoms with Crippen LogP contribution in [0.5, 0.6) is 11.5 Å². The van der Waals surface area contributed by atoms with Crippen LogP contribution in [-0.2, 0) is 22.6 Å². The van der Waals surface area contributed by atoms with E-state index in [1.165, 1.54) is 0 Å². The van der Waals surface area contributed by atoms with Crippen LogP contribution in [0.1, 0.15) is 44.7 Å². The molecule has 2 aromatic carbocycles. The normalized spacial score (nSPS) is 11.5. The van der Waals surface area contributed by atoms with E-state index in [0.717, 1.165) is 11.1 Å². The summed E-state index contributed by atoms with van der Waals surface area (Å²) in [5.41, 5.74) is 1.99. The van der Waals surface area contributed by atoms with Crippen LogP contribution in [-0.4, -0.2) is 43.0 Å². The predicted octanol–water partition coefficient (Wildman–Crippen LogP) is 3.97. The van der Waals surface area contributed by atoms with Gasteiger partial charge in [0, 0.05) is 20.0 Å². The van der Waals surface area contributed by atoms with Gasteiger partial charge in [-0.25, -0.2) is 0 Å². The Morgan fingerprint density at radius 3 is 2.23 bits per heavy atom. The molecule has 0 unspecified atom stereocenters. The standard InChI is InChI=1S/C25H34N2O4/c1-5-21(25(29)26-4)27(18-20-11-9-8-10-12-20)24(28)16-14-19-13-15-22(30-6-2)23(17-19)31-7-3/h8-13,15,17,21H,5-7,14,16,18H2,1-4H3,(H,26,29)/t21-/m1/s1. The molecular formula is C25H34N2O4. The maximum Gasteiger partial charge on any atom is 0.242 e. The molecule has 0 aliphatic carbocycles. The van der Waals surface area contributed by atoms with E-state index in [2.05, 4.69) is 5.32 Å². The van der Waals surface area contributed by atoms with Gasteiger partial charge in [0.25, 0.3) is 0 Å². The van der Waals surface area contributed by atoms with Gasteiger partial charge in [-0.15, -0.1) is 0 Å². The predicted molar refractivity (Wildman–Crippen MR) is 122 cm³/mol. The van der Waals surface area contributed by atoms with Crippen molar-refractivity contribution in [2.75, 3.05) is 20.3 Å². The van der Waals surface area contributed by atoms with Gasteiger partial charge >= 0.3 is 0 Å². The van der Waals surface area contributed by atoms with Gasteiger partial charge in [0.05, 0.1) is 13.2 Å². The molecule has 6 heteroatoms. The van der Waals surface area contributed by atoms with Crippen LogP contribution in [0.25, 0.3) is 0 Å². The lowest BCUT2D eigenvalue weighted by atomic mass is 10.1. The first kappa shape index (κ1) is 24.3. The van der Waals surface area contributed by atoms with E-state index in [-0.39, 0.29) is 11.8 Å². The van der Waals surface area contributed by atoms with Crippen molar-refractivity contribution in [3.63, 3.8) is 0 Å². The van der Waals surface area contributed by atoms with Crippen LogP contribution >= 0.6 is 0 Å². The van der Waals surface area contributed by atoms with Crippen molar-refractivity contribution in [2.45, 2.75) is 52.6 Å². The number of nitrogens with zero attached hydrogens (tertiary/aromatic N) is 1. The zero-order valence-corrected chi connectivity index (χ0v) is 19.0. The van der Waals surface area contributed by atoms with Crippen molar-refractivity contribution in [2.24, 2.45) is 0 Å². The molecule has 1 N–H and O–H groups in total. The van der Waals surface area contributed by atoms with Crippen molar-refractivity contribution >= 4 is 11.8 Å². The fourth-order valence-electron chi connectivity index (χ4n) is 3.51. The number of carbonyl (C=O) groups excluding carboxylic acids is 2. The lowest BCUT2D eigenvalue weighted by Gasteiger charge is -2.30. The third-order valence-corrected chi connectivity index (χ3v) is 5.06. The molecule has 2 aromatic rings. The SMILES string of the molecule is CCOc1ccc(CCC(=O)N(Cc2ccccc2)[C@H](CC)C(=O)NC)cc1OCC. The second-order valence-corrected chi connectivity index (χ2v) is 7.19. The van der Waals surface area contributed by atoms with Crippen LogP contribution in [0.2, 0.25) is 0 Å². The highest BCUT2D eigenvalue weighted by Crippen LogP contribution is 2.29. The van der Waals surface area contributed by atoms with E-state index < -0.39 is 6.04 Å². The molecule has 31 heavy (non-hydrogen) atoms. The van der Waals surface area contributed by atoms with Crippen molar-refractivity contribution in [1.29, 1.82) is 0 Å². The van der Waals surface area contributed by atoms with Gasteiger partial charge in [0.1, 0.15) is 6.04 Å². The summed E-state index contributed by atoms with van der Waals surface area (Å²) in [5, 5.41) is 2.69. The minimum absolute atomic E-state index is 0.0499. The monoisotopic (exact) mass is 426 g/mol. The molecule has 0 bridgehead atoms. The van der Waals surface area contributed by atoms with Crippen molar-refractivity contribution in [1.82, 2.24) is 10.2 Å². The Bertz CT molecular complexity index is 839. The number of carbonyl (C=O) groups is 2. The molecule has 0 aromatic heterocycles. The molecule has 1 atom stereocenters. The average Bonchev–Trinajstić information content (AvgIpc) is 2.79. The molecule has 168 valence electrons. The summed E-state index contributed by atoms with van der Waals surface area (Å²) < 4.78 is 11.3. The molecule has 6 nitrogen and oxygen atoms in total. The van der Waals surface area contributed by atoms with Crippen LogP contribution in [0.4, 0.5) is 0 Å². The smallest absolute Gasteiger partial charge is 0.242 e. The van der Waals surface area contributed by atoms with Gasteiger partial charge in [-0.05, 0) is 49.9 Å². The second-order valence-electron chi connectivity index (χ2n) is 7.19.